The molecule has 1 unspecified atom stereocenters. The van der Waals surface area contributed by atoms with Gasteiger partial charge in [0.05, 0.1) is 6.04 Å². The van der Waals surface area contributed by atoms with Crippen molar-refractivity contribution in [1.82, 2.24) is 9.88 Å². The van der Waals surface area contributed by atoms with Gasteiger partial charge < -0.3 is 10.2 Å². The maximum absolute atomic E-state index is 10.9. The fourth-order valence-corrected chi connectivity index (χ4v) is 3.65. The third-order valence-corrected chi connectivity index (χ3v) is 4.77. The molecule has 0 aliphatic carbocycles. The Labute approximate surface area is 141 Å². The van der Waals surface area contributed by atoms with Crippen molar-refractivity contribution in [3.05, 3.63) is 65.9 Å². The van der Waals surface area contributed by atoms with Crippen LogP contribution in [0.4, 0.5) is 0 Å². The van der Waals surface area contributed by atoms with Crippen LogP contribution in [0.1, 0.15) is 30.0 Å². The molecule has 4 nitrogen and oxygen atoms in total. The molecule has 2 N–H and O–H groups in total. The fourth-order valence-electron chi connectivity index (χ4n) is 3.65. The molecule has 4 heteroatoms. The molecule has 1 atom stereocenters. The Morgan fingerprint density at radius 2 is 1.79 bits per heavy atom. The predicted octanol–water partition coefficient (Wildman–Crippen LogP) is 3.83. The highest BCUT2D eigenvalue weighted by Crippen LogP contribution is 2.39. The topological polar surface area (TPSA) is 56.6 Å². The molecule has 1 fully saturated rings. The Hall–Kier alpha value is -2.59. The van der Waals surface area contributed by atoms with E-state index in [1.165, 1.54) is 0 Å². The highest BCUT2D eigenvalue weighted by Gasteiger charge is 2.28. The van der Waals surface area contributed by atoms with Gasteiger partial charge in [0.25, 0.3) is 0 Å². The molecule has 0 saturated carbocycles. The number of likely N-dealkylation sites (tertiary alicyclic amines) is 1. The van der Waals surface area contributed by atoms with Crippen molar-refractivity contribution < 1.29 is 10.2 Å². The van der Waals surface area contributed by atoms with Crippen LogP contribution in [0.3, 0.4) is 0 Å². The second kappa shape index (κ2) is 6.13. The predicted molar refractivity (Wildman–Crippen MR) is 94.2 cm³/mol. The highest BCUT2D eigenvalue weighted by molar-refractivity contribution is 5.85. The summed E-state index contributed by atoms with van der Waals surface area (Å²) in [4.78, 5) is 6.70. The van der Waals surface area contributed by atoms with Crippen LogP contribution in [-0.2, 0) is 0 Å². The number of phenols is 2. The van der Waals surface area contributed by atoms with E-state index < -0.39 is 0 Å². The maximum atomic E-state index is 10.9. The number of rotatable bonds is 3. The number of hydrogen-bond acceptors (Lipinski definition) is 4. The van der Waals surface area contributed by atoms with Gasteiger partial charge in [0, 0.05) is 17.1 Å². The molecule has 1 aliphatic heterocycles. The van der Waals surface area contributed by atoms with Crippen LogP contribution in [0.25, 0.3) is 10.9 Å². The highest BCUT2D eigenvalue weighted by atomic mass is 16.3. The molecule has 24 heavy (non-hydrogen) atoms. The second-order valence-corrected chi connectivity index (χ2v) is 6.32. The Balaban J connectivity index is 1.88. The largest absolute Gasteiger partial charge is 0.508 e. The first-order valence-electron chi connectivity index (χ1n) is 8.33. The van der Waals surface area contributed by atoms with Crippen molar-refractivity contribution in [2.45, 2.75) is 18.9 Å². The quantitative estimate of drug-likeness (QED) is 0.770. The Bertz CT molecular complexity index is 872. The lowest BCUT2D eigenvalue weighted by Gasteiger charge is -2.29. The molecule has 0 bridgehead atoms. The summed E-state index contributed by atoms with van der Waals surface area (Å²) in [5.74, 6) is 0.475. The zero-order chi connectivity index (χ0) is 16.5. The summed E-state index contributed by atoms with van der Waals surface area (Å²) in [5.41, 5.74) is 2.45. The lowest BCUT2D eigenvalue weighted by Crippen LogP contribution is -2.26. The van der Waals surface area contributed by atoms with E-state index >= 15 is 0 Å². The number of phenolic OH excluding ortho intramolecular Hbond substituents is 2. The first kappa shape index (κ1) is 15.0. The maximum Gasteiger partial charge on any atom is 0.146 e. The summed E-state index contributed by atoms with van der Waals surface area (Å²) in [6.07, 6.45) is 4.01. The number of nitrogens with zero attached hydrogens (tertiary/aromatic N) is 2. The van der Waals surface area contributed by atoms with Crippen LogP contribution in [0.5, 0.6) is 11.5 Å². The lowest BCUT2D eigenvalue weighted by molar-refractivity contribution is 0.275. The molecule has 0 spiro atoms. The van der Waals surface area contributed by atoms with Crippen LogP contribution in [0, 0.1) is 0 Å². The number of fused-ring (bicyclic) bond motifs is 1. The average Bonchev–Trinajstić information content (AvgIpc) is 3.12. The first-order chi connectivity index (χ1) is 11.7. The van der Waals surface area contributed by atoms with Crippen molar-refractivity contribution >= 4 is 10.9 Å². The van der Waals surface area contributed by atoms with E-state index in [9.17, 15) is 10.2 Å². The van der Waals surface area contributed by atoms with Gasteiger partial charge >= 0.3 is 0 Å². The lowest BCUT2D eigenvalue weighted by atomic mass is 9.95. The van der Waals surface area contributed by atoms with E-state index in [0.29, 0.717) is 5.52 Å². The van der Waals surface area contributed by atoms with Crippen molar-refractivity contribution in [1.29, 1.82) is 0 Å². The molecule has 1 saturated heterocycles. The van der Waals surface area contributed by atoms with Gasteiger partial charge in [-0.15, -0.1) is 0 Å². The van der Waals surface area contributed by atoms with E-state index in [1.54, 1.807) is 18.3 Å². The third-order valence-electron chi connectivity index (χ3n) is 4.77. The number of pyridine rings is 1. The van der Waals surface area contributed by atoms with Crippen LogP contribution in [-0.4, -0.2) is 33.2 Å². The van der Waals surface area contributed by atoms with E-state index in [-0.39, 0.29) is 17.5 Å². The number of aromatic nitrogens is 1. The summed E-state index contributed by atoms with van der Waals surface area (Å²) >= 11 is 0. The third kappa shape index (κ3) is 2.59. The van der Waals surface area contributed by atoms with Crippen LogP contribution >= 0.6 is 0 Å². The molecule has 122 valence electrons. The van der Waals surface area contributed by atoms with Crippen molar-refractivity contribution in [2.24, 2.45) is 0 Å². The van der Waals surface area contributed by atoms with Crippen LogP contribution in [0.15, 0.2) is 54.7 Å². The Morgan fingerprint density at radius 3 is 2.58 bits per heavy atom. The van der Waals surface area contributed by atoms with Gasteiger partial charge in [-0.3, -0.25) is 9.88 Å². The molecule has 0 amide bonds. The monoisotopic (exact) mass is 320 g/mol. The van der Waals surface area contributed by atoms with E-state index in [4.69, 9.17) is 0 Å². The Kier molecular flexibility index (Phi) is 3.82. The van der Waals surface area contributed by atoms with Gasteiger partial charge in [-0.2, -0.15) is 0 Å². The first-order valence-corrected chi connectivity index (χ1v) is 8.33. The summed E-state index contributed by atoms with van der Waals surface area (Å²) in [7, 11) is 0. The van der Waals surface area contributed by atoms with Crippen LogP contribution in [0.2, 0.25) is 0 Å². The molecular weight excluding hydrogens is 300 g/mol. The van der Waals surface area contributed by atoms with E-state index in [2.05, 4.69) is 9.88 Å². The standard InChI is InChI=1S/C20H20N2O2/c23-16-7-3-5-15(13-16)19(22-11-1-2-12-22)17-9-8-14-6-4-10-21-18(14)20(17)24/h3-10,13,19,23-24H,1-2,11-12H2. The van der Waals surface area contributed by atoms with E-state index in [0.717, 1.165) is 42.4 Å². The molecule has 2 aromatic carbocycles. The summed E-state index contributed by atoms with van der Waals surface area (Å²) in [5, 5.41) is 21.7. The SMILES string of the molecule is Oc1cccc(C(c2ccc3cccnc3c2O)N2CCCC2)c1. The fraction of sp³-hybridized carbons (Fsp3) is 0.250. The normalized spacial score (nSPS) is 16.5. The number of aromatic hydroxyl groups is 2. The van der Waals surface area contributed by atoms with Crippen molar-refractivity contribution in [3.8, 4) is 11.5 Å². The summed E-state index contributed by atoms with van der Waals surface area (Å²) < 4.78 is 0. The summed E-state index contributed by atoms with van der Waals surface area (Å²) in [6.45, 7) is 1.97. The molecule has 2 heterocycles. The summed E-state index contributed by atoms with van der Waals surface area (Å²) in [6, 6.07) is 15.0. The van der Waals surface area contributed by atoms with Crippen molar-refractivity contribution in [3.63, 3.8) is 0 Å². The molecule has 4 rings (SSSR count). The molecule has 1 aromatic heterocycles. The average molecular weight is 320 g/mol. The molecular formula is C20H20N2O2. The van der Waals surface area contributed by atoms with Crippen LogP contribution < -0.4 is 0 Å². The van der Waals surface area contributed by atoms with Gasteiger partial charge in [0.2, 0.25) is 0 Å². The Morgan fingerprint density at radius 1 is 0.958 bits per heavy atom. The van der Waals surface area contributed by atoms with Gasteiger partial charge in [0.1, 0.15) is 17.0 Å². The molecule has 0 radical (unpaired) electrons. The second-order valence-electron chi connectivity index (χ2n) is 6.32. The van der Waals surface area contributed by atoms with Gasteiger partial charge in [-0.1, -0.05) is 30.3 Å². The van der Waals surface area contributed by atoms with Gasteiger partial charge in [-0.25, -0.2) is 0 Å². The minimum Gasteiger partial charge on any atom is -0.508 e. The van der Waals surface area contributed by atoms with Gasteiger partial charge in [0.15, 0.2) is 0 Å². The zero-order valence-corrected chi connectivity index (χ0v) is 13.4. The minimum atomic E-state index is -0.0778. The molecule has 1 aliphatic rings. The van der Waals surface area contributed by atoms with E-state index in [1.807, 2.05) is 36.4 Å². The number of benzene rings is 2. The zero-order valence-electron chi connectivity index (χ0n) is 13.4. The smallest absolute Gasteiger partial charge is 0.146 e. The number of hydrogen-bond donors (Lipinski definition) is 2. The van der Waals surface area contributed by atoms with Crippen molar-refractivity contribution in [2.75, 3.05) is 13.1 Å². The molecule has 3 aromatic rings. The van der Waals surface area contributed by atoms with Gasteiger partial charge in [-0.05, 0) is 49.7 Å². The minimum absolute atomic E-state index is 0.0778.